The molecule has 0 spiro atoms. The van der Waals surface area contributed by atoms with Crippen LogP contribution < -0.4 is 5.32 Å². The quantitative estimate of drug-likeness (QED) is 0.505. The summed E-state index contributed by atoms with van der Waals surface area (Å²) in [4.78, 5) is 39.3. The lowest BCUT2D eigenvalue weighted by Crippen LogP contribution is -2.54. The third-order valence-corrected chi connectivity index (χ3v) is 5.44. The van der Waals surface area contributed by atoms with Crippen LogP contribution in [0.25, 0.3) is 0 Å². The number of carbonyl (C=O) groups excluding carboxylic acids is 3. The highest BCUT2D eigenvalue weighted by molar-refractivity contribution is 5.88. The van der Waals surface area contributed by atoms with Crippen molar-refractivity contribution in [1.29, 1.82) is 5.26 Å². The van der Waals surface area contributed by atoms with E-state index < -0.39 is 52.7 Å². The molecule has 174 valence electrons. The first kappa shape index (κ1) is 25.3. The Labute approximate surface area is 185 Å². The van der Waals surface area contributed by atoms with Crippen LogP contribution in [0.15, 0.2) is 12.1 Å². The smallest absolute Gasteiger partial charge is 0.243 e. The SMILES string of the molecule is CN(CC(=O)N1CC(C=O)CC1C#N)C(=O)C(NCc1cc(F)c(F)cc1F)C(C)(C)C. The van der Waals surface area contributed by atoms with Crippen molar-refractivity contribution in [3.8, 4) is 6.07 Å². The van der Waals surface area contributed by atoms with E-state index in [1.165, 1.54) is 16.8 Å². The molecule has 0 saturated carbocycles. The van der Waals surface area contributed by atoms with Crippen molar-refractivity contribution in [3.63, 3.8) is 0 Å². The number of halogens is 3. The van der Waals surface area contributed by atoms with E-state index >= 15 is 0 Å². The number of nitrogens with one attached hydrogen (secondary N) is 1. The summed E-state index contributed by atoms with van der Waals surface area (Å²) in [6, 6.07) is 1.57. The van der Waals surface area contributed by atoms with Gasteiger partial charge in [0.2, 0.25) is 11.8 Å². The maximum atomic E-state index is 14.0. The number of likely N-dealkylation sites (N-methyl/N-ethyl adjacent to an activating group) is 1. The second-order valence-corrected chi connectivity index (χ2v) is 9.05. The largest absolute Gasteiger partial charge is 0.335 e. The normalized spacial score (nSPS) is 19.4. The minimum absolute atomic E-state index is 0.124. The molecule has 10 heteroatoms. The monoisotopic (exact) mass is 452 g/mol. The molecule has 7 nitrogen and oxygen atoms in total. The Morgan fingerprint density at radius 1 is 1.28 bits per heavy atom. The molecule has 3 atom stereocenters. The van der Waals surface area contributed by atoms with E-state index in [4.69, 9.17) is 0 Å². The lowest BCUT2D eigenvalue weighted by molar-refractivity contribution is -0.142. The van der Waals surface area contributed by atoms with E-state index in [0.29, 0.717) is 12.4 Å². The molecule has 1 aromatic rings. The lowest BCUT2D eigenvalue weighted by Gasteiger charge is -2.34. The van der Waals surface area contributed by atoms with Crippen LogP contribution in [0.3, 0.4) is 0 Å². The number of nitrogens with zero attached hydrogens (tertiary/aromatic N) is 3. The molecule has 3 unspecified atom stereocenters. The molecule has 1 fully saturated rings. The second kappa shape index (κ2) is 10.1. The standard InChI is InChI=1S/C22H27F3N4O3/c1-22(2,3)20(27-9-14-6-17(24)18(25)7-16(14)23)21(32)28(4)11-19(31)29-10-13(12-30)5-15(29)8-26/h6-7,12-13,15,20,27H,5,9-11H2,1-4H3. The van der Waals surface area contributed by atoms with E-state index in [-0.39, 0.29) is 31.6 Å². The number of hydrogen-bond acceptors (Lipinski definition) is 5. The van der Waals surface area contributed by atoms with Crippen LogP contribution in [-0.4, -0.2) is 60.1 Å². The molecule has 1 aromatic carbocycles. The zero-order chi connectivity index (χ0) is 24.2. The zero-order valence-corrected chi connectivity index (χ0v) is 18.5. The summed E-state index contributed by atoms with van der Waals surface area (Å²) >= 11 is 0. The lowest BCUT2D eigenvalue weighted by atomic mass is 9.85. The van der Waals surface area contributed by atoms with Crippen LogP contribution in [-0.2, 0) is 20.9 Å². The molecule has 32 heavy (non-hydrogen) atoms. The number of nitriles is 1. The summed E-state index contributed by atoms with van der Waals surface area (Å²) in [5, 5.41) is 12.1. The summed E-state index contributed by atoms with van der Waals surface area (Å²) in [7, 11) is 1.42. The van der Waals surface area contributed by atoms with Gasteiger partial charge in [0.05, 0.1) is 18.7 Å². The molecule has 0 radical (unpaired) electrons. The number of benzene rings is 1. The first-order chi connectivity index (χ1) is 14.9. The van der Waals surface area contributed by atoms with Gasteiger partial charge in [-0.2, -0.15) is 5.26 Å². The highest BCUT2D eigenvalue weighted by Gasteiger charge is 2.38. The average molecular weight is 452 g/mol. The number of rotatable bonds is 7. The van der Waals surface area contributed by atoms with Gasteiger partial charge in [-0.15, -0.1) is 0 Å². The van der Waals surface area contributed by atoms with Crippen molar-refractivity contribution in [1.82, 2.24) is 15.1 Å². The Balaban J connectivity index is 2.10. The first-order valence-corrected chi connectivity index (χ1v) is 10.1. The first-order valence-electron chi connectivity index (χ1n) is 10.1. The highest BCUT2D eigenvalue weighted by Crippen LogP contribution is 2.24. The van der Waals surface area contributed by atoms with Gasteiger partial charge in [0.25, 0.3) is 0 Å². The topological polar surface area (TPSA) is 93.5 Å². The second-order valence-electron chi connectivity index (χ2n) is 9.05. The molecule has 1 aliphatic rings. The summed E-state index contributed by atoms with van der Waals surface area (Å²) < 4.78 is 40.6. The average Bonchev–Trinajstić information content (AvgIpc) is 3.14. The molecule has 0 aromatic heterocycles. The van der Waals surface area contributed by atoms with E-state index in [0.717, 1.165) is 6.07 Å². The molecule has 1 N–H and O–H groups in total. The molecule has 0 aliphatic carbocycles. The van der Waals surface area contributed by atoms with Gasteiger partial charge in [0.1, 0.15) is 18.1 Å². The molecular weight excluding hydrogens is 425 g/mol. The van der Waals surface area contributed by atoms with Gasteiger partial charge < -0.3 is 19.9 Å². The Morgan fingerprint density at radius 2 is 1.91 bits per heavy atom. The Bertz CT molecular complexity index is 926. The van der Waals surface area contributed by atoms with Gasteiger partial charge in [0, 0.05) is 37.7 Å². The number of likely N-dealkylation sites (tertiary alicyclic amines) is 1. The van der Waals surface area contributed by atoms with E-state index in [9.17, 15) is 32.8 Å². The predicted octanol–water partition coefficient (Wildman–Crippen LogP) is 2.01. The van der Waals surface area contributed by atoms with Crippen LogP contribution in [0.2, 0.25) is 0 Å². The number of amides is 2. The fourth-order valence-corrected chi connectivity index (χ4v) is 3.63. The van der Waals surface area contributed by atoms with Gasteiger partial charge in [-0.25, -0.2) is 13.2 Å². The zero-order valence-electron chi connectivity index (χ0n) is 18.5. The van der Waals surface area contributed by atoms with Crippen molar-refractivity contribution in [2.75, 3.05) is 20.1 Å². The molecule has 0 bridgehead atoms. The van der Waals surface area contributed by atoms with E-state index in [1.807, 2.05) is 6.07 Å². The van der Waals surface area contributed by atoms with Crippen LogP contribution >= 0.6 is 0 Å². The molecule has 2 amide bonds. The van der Waals surface area contributed by atoms with Crippen LogP contribution in [0.1, 0.15) is 32.8 Å². The summed E-state index contributed by atoms with van der Waals surface area (Å²) in [5.74, 6) is -4.79. The van der Waals surface area contributed by atoms with Crippen molar-refractivity contribution in [3.05, 3.63) is 35.1 Å². The number of carbonyl (C=O) groups is 3. The van der Waals surface area contributed by atoms with Crippen molar-refractivity contribution in [2.24, 2.45) is 11.3 Å². The third-order valence-electron chi connectivity index (χ3n) is 5.44. The van der Waals surface area contributed by atoms with E-state index in [2.05, 4.69) is 5.32 Å². The third kappa shape index (κ3) is 5.85. The van der Waals surface area contributed by atoms with Gasteiger partial charge in [-0.1, -0.05) is 20.8 Å². The Morgan fingerprint density at radius 3 is 2.47 bits per heavy atom. The van der Waals surface area contributed by atoms with E-state index in [1.54, 1.807) is 20.8 Å². The maximum Gasteiger partial charge on any atom is 0.243 e. The fourth-order valence-electron chi connectivity index (χ4n) is 3.63. The number of hydrogen-bond donors (Lipinski definition) is 1. The predicted molar refractivity (Wildman–Crippen MR) is 109 cm³/mol. The Kier molecular flexibility index (Phi) is 8.02. The Hall–Kier alpha value is -2.93. The van der Waals surface area contributed by atoms with Gasteiger partial charge in [0.15, 0.2) is 11.6 Å². The maximum absolute atomic E-state index is 14.0. The van der Waals surface area contributed by atoms with Gasteiger partial charge >= 0.3 is 0 Å². The van der Waals surface area contributed by atoms with Crippen molar-refractivity contribution >= 4 is 18.1 Å². The van der Waals surface area contributed by atoms with Gasteiger partial charge in [-0.3, -0.25) is 9.59 Å². The minimum Gasteiger partial charge on any atom is -0.335 e. The summed E-state index contributed by atoms with van der Waals surface area (Å²) in [6.07, 6.45) is 0.971. The fraction of sp³-hybridized carbons (Fsp3) is 0.545. The van der Waals surface area contributed by atoms with Crippen LogP contribution in [0, 0.1) is 40.1 Å². The summed E-state index contributed by atoms with van der Waals surface area (Å²) in [5.41, 5.74) is -0.798. The van der Waals surface area contributed by atoms with Crippen molar-refractivity contribution in [2.45, 2.75) is 45.8 Å². The van der Waals surface area contributed by atoms with Crippen molar-refractivity contribution < 1.29 is 27.6 Å². The highest BCUT2D eigenvalue weighted by atomic mass is 19.2. The van der Waals surface area contributed by atoms with Gasteiger partial charge in [-0.05, 0) is 17.9 Å². The molecule has 1 saturated heterocycles. The summed E-state index contributed by atoms with van der Waals surface area (Å²) in [6.45, 7) is 4.87. The number of aldehydes is 1. The molecule has 1 heterocycles. The minimum atomic E-state index is -1.30. The molecular formula is C22H27F3N4O3. The molecule has 1 aliphatic heterocycles. The van der Waals surface area contributed by atoms with Crippen LogP contribution in [0.5, 0.6) is 0 Å². The molecule has 2 rings (SSSR count). The van der Waals surface area contributed by atoms with Crippen LogP contribution in [0.4, 0.5) is 13.2 Å².